The predicted molar refractivity (Wildman–Crippen MR) is 116 cm³/mol. The molecule has 2 aromatic rings. The average molecular weight is 483 g/mol. The molecule has 1 saturated heterocycles. The van der Waals surface area contributed by atoms with Crippen LogP contribution in [-0.4, -0.2) is 50.9 Å². The van der Waals surface area contributed by atoms with Gasteiger partial charge >= 0.3 is 12.6 Å². The normalized spacial score (nSPS) is 15.0. The summed E-state index contributed by atoms with van der Waals surface area (Å²) in [6, 6.07) is 10.6. The lowest BCUT2D eigenvalue weighted by atomic mass is 10.2. The summed E-state index contributed by atoms with van der Waals surface area (Å²) in [6.07, 6.45) is 3.64. The van der Waals surface area contributed by atoms with E-state index in [0.717, 1.165) is 25.7 Å². The Morgan fingerprint density at radius 2 is 1.55 bits per heavy atom. The van der Waals surface area contributed by atoms with E-state index >= 15 is 0 Å². The predicted octanol–water partition coefficient (Wildman–Crippen LogP) is 3.65. The van der Waals surface area contributed by atoms with Crippen molar-refractivity contribution in [2.45, 2.75) is 37.2 Å². The molecule has 1 heterocycles. The molecule has 1 fully saturated rings. The lowest BCUT2D eigenvalue weighted by molar-refractivity contribution is -0.119. The summed E-state index contributed by atoms with van der Waals surface area (Å²) in [5, 5.41) is 2.46. The number of halogens is 2. The number of ether oxygens (including phenoxy) is 2. The number of hydrogen-bond acceptors (Lipinski definition) is 6. The van der Waals surface area contributed by atoms with Gasteiger partial charge in [-0.1, -0.05) is 12.8 Å². The lowest BCUT2D eigenvalue weighted by Crippen LogP contribution is -2.31. The summed E-state index contributed by atoms with van der Waals surface area (Å²) in [6.45, 7) is -2.58. The van der Waals surface area contributed by atoms with Gasteiger partial charge in [0.05, 0.1) is 10.5 Å². The second-order valence-electron chi connectivity index (χ2n) is 7.37. The first-order valence-corrected chi connectivity index (χ1v) is 11.8. The molecule has 33 heavy (non-hydrogen) atoms. The van der Waals surface area contributed by atoms with Gasteiger partial charge in [-0.15, -0.1) is 0 Å². The van der Waals surface area contributed by atoms with Crippen molar-refractivity contribution in [3.8, 4) is 5.75 Å². The first kappa shape index (κ1) is 24.6. The van der Waals surface area contributed by atoms with E-state index in [1.807, 2.05) is 0 Å². The van der Waals surface area contributed by atoms with Crippen LogP contribution in [0.25, 0.3) is 0 Å². The van der Waals surface area contributed by atoms with Crippen molar-refractivity contribution in [2.75, 3.05) is 25.0 Å². The number of amides is 1. The molecule has 0 saturated carbocycles. The summed E-state index contributed by atoms with van der Waals surface area (Å²) in [5.41, 5.74) is 0.409. The molecular formula is C22H24F2N2O6S. The summed E-state index contributed by atoms with van der Waals surface area (Å²) in [4.78, 5) is 24.3. The van der Waals surface area contributed by atoms with Crippen molar-refractivity contribution >= 4 is 27.6 Å². The van der Waals surface area contributed by atoms with Gasteiger partial charge in [0, 0.05) is 18.8 Å². The number of anilines is 1. The molecule has 0 unspecified atom stereocenters. The molecule has 0 aliphatic carbocycles. The summed E-state index contributed by atoms with van der Waals surface area (Å²) < 4.78 is 60.5. The van der Waals surface area contributed by atoms with Gasteiger partial charge in [-0.25, -0.2) is 13.2 Å². The number of benzene rings is 2. The topological polar surface area (TPSA) is 102 Å². The van der Waals surface area contributed by atoms with Gasteiger partial charge in [-0.3, -0.25) is 4.79 Å². The number of hydrogen-bond donors (Lipinski definition) is 1. The standard InChI is InChI=1S/C22H24F2N2O6S/c23-22(24)32-18-9-7-17(8-10-18)25-20(27)15-31-21(28)16-5-11-19(12-6-16)33(29,30)26-13-3-1-2-4-14-26/h5-12,22H,1-4,13-15H2,(H,25,27). The largest absolute Gasteiger partial charge is 0.452 e. The average Bonchev–Trinajstić information content (AvgIpc) is 3.09. The summed E-state index contributed by atoms with van der Waals surface area (Å²) >= 11 is 0. The molecule has 11 heteroatoms. The minimum absolute atomic E-state index is 0.0595. The Kier molecular flexibility index (Phi) is 8.34. The van der Waals surface area contributed by atoms with E-state index in [-0.39, 0.29) is 16.2 Å². The third-order valence-corrected chi connectivity index (χ3v) is 6.90. The van der Waals surface area contributed by atoms with Crippen LogP contribution in [-0.2, 0) is 19.6 Å². The number of esters is 1. The van der Waals surface area contributed by atoms with E-state index < -0.39 is 35.1 Å². The minimum Gasteiger partial charge on any atom is -0.452 e. The highest BCUT2D eigenvalue weighted by atomic mass is 32.2. The smallest absolute Gasteiger partial charge is 0.387 e. The molecule has 1 aliphatic rings. The van der Waals surface area contributed by atoms with Gasteiger partial charge in [-0.05, 0) is 61.4 Å². The second-order valence-corrected chi connectivity index (χ2v) is 9.31. The van der Waals surface area contributed by atoms with Gasteiger partial charge in [0.25, 0.3) is 5.91 Å². The van der Waals surface area contributed by atoms with Crippen molar-refractivity contribution < 1.29 is 36.3 Å². The molecule has 1 aliphatic heterocycles. The maximum absolute atomic E-state index is 12.8. The third kappa shape index (κ3) is 6.96. The van der Waals surface area contributed by atoms with Crippen LogP contribution in [0.5, 0.6) is 5.75 Å². The van der Waals surface area contributed by atoms with Crippen LogP contribution < -0.4 is 10.1 Å². The van der Waals surface area contributed by atoms with Crippen LogP contribution in [0.4, 0.5) is 14.5 Å². The zero-order valence-electron chi connectivity index (χ0n) is 17.7. The van der Waals surface area contributed by atoms with Crippen LogP contribution in [0.2, 0.25) is 0 Å². The maximum atomic E-state index is 12.8. The number of carbonyl (C=O) groups is 2. The number of alkyl halides is 2. The number of nitrogens with zero attached hydrogens (tertiary/aromatic N) is 1. The monoisotopic (exact) mass is 482 g/mol. The Morgan fingerprint density at radius 3 is 2.12 bits per heavy atom. The van der Waals surface area contributed by atoms with E-state index in [1.165, 1.54) is 52.8 Å². The first-order valence-electron chi connectivity index (χ1n) is 10.4. The molecule has 178 valence electrons. The number of carbonyl (C=O) groups excluding carboxylic acids is 2. The summed E-state index contributed by atoms with van der Waals surface area (Å²) in [7, 11) is -3.63. The van der Waals surface area contributed by atoms with Crippen LogP contribution in [0.15, 0.2) is 53.4 Å². The molecule has 8 nitrogen and oxygen atoms in total. The van der Waals surface area contributed by atoms with Gasteiger partial charge in [-0.2, -0.15) is 13.1 Å². The molecule has 2 aromatic carbocycles. The number of nitrogens with one attached hydrogen (secondary N) is 1. The fourth-order valence-electron chi connectivity index (χ4n) is 3.33. The SMILES string of the molecule is O=C(COC(=O)c1ccc(S(=O)(=O)N2CCCCCC2)cc1)Nc1ccc(OC(F)F)cc1. The Morgan fingerprint density at radius 1 is 0.939 bits per heavy atom. The van der Waals surface area contributed by atoms with Crippen LogP contribution >= 0.6 is 0 Å². The van der Waals surface area contributed by atoms with Crippen molar-refractivity contribution in [3.05, 3.63) is 54.1 Å². The number of sulfonamides is 1. The van der Waals surface area contributed by atoms with Gasteiger partial charge < -0.3 is 14.8 Å². The third-order valence-electron chi connectivity index (χ3n) is 4.99. The molecule has 1 N–H and O–H groups in total. The molecule has 0 radical (unpaired) electrons. The Bertz CT molecular complexity index is 1050. The van der Waals surface area contributed by atoms with Crippen LogP contribution in [0.1, 0.15) is 36.0 Å². The van der Waals surface area contributed by atoms with Crippen LogP contribution in [0, 0.1) is 0 Å². The van der Waals surface area contributed by atoms with E-state index in [1.54, 1.807) is 0 Å². The molecule has 1 amide bonds. The fourth-order valence-corrected chi connectivity index (χ4v) is 4.84. The highest BCUT2D eigenvalue weighted by Gasteiger charge is 2.25. The number of rotatable bonds is 8. The quantitative estimate of drug-likeness (QED) is 0.577. The molecule has 0 bridgehead atoms. The molecule has 0 spiro atoms. The highest BCUT2D eigenvalue weighted by molar-refractivity contribution is 7.89. The van der Waals surface area contributed by atoms with Gasteiger partial charge in [0.15, 0.2) is 6.61 Å². The lowest BCUT2D eigenvalue weighted by Gasteiger charge is -2.19. The minimum atomic E-state index is -3.63. The molecule has 0 aromatic heterocycles. The van der Waals surface area contributed by atoms with Crippen molar-refractivity contribution in [1.29, 1.82) is 0 Å². The molecular weight excluding hydrogens is 458 g/mol. The fraction of sp³-hybridized carbons (Fsp3) is 0.364. The van der Waals surface area contributed by atoms with E-state index in [2.05, 4.69) is 10.1 Å². The zero-order chi connectivity index (χ0) is 23.8. The Labute approximate surface area is 190 Å². The zero-order valence-corrected chi connectivity index (χ0v) is 18.5. The first-order chi connectivity index (χ1) is 15.8. The van der Waals surface area contributed by atoms with Crippen molar-refractivity contribution in [3.63, 3.8) is 0 Å². The molecule has 0 atom stereocenters. The highest BCUT2D eigenvalue weighted by Crippen LogP contribution is 2.21. The van der Waals surface area contributed by atoms with Crippen molar-refractivity contribution in [2.24, 2.45) is 0 Å². The van der Waals surface area contributed by atoms with Crippen LogP contribution in [0.3, 0.4) is 0 Å². The van der Waals surface area contributed by atoms with E-state index in [4.69, 9.17) is 4.74 Å². The maximum Gasteiger partial charge on any atom is 0.387 e. The Hall–Kier alpha value is -3.05. The summed E-state index contributed by atoms with van der Waals surface area (Å²) in [5.74, 6) is -1.48. The Balaban J connectivity index is 1.52. The molecule has 3 rings (SSSR count). The second kappa shape index (κ2) is 11.2. The van der Waals surface area contributed by atoms with Crippen molar-refractivity contribution in [1.82, 2.24) is 4.31 Å². The van der Waals surface area contributed by atoms with E-state index in [9.17, 15) is 26.8 Å². The van der Waals surface area contributed by atoms with Gasteiger partial charge in [0.2, 0.25) is 10.0 Å². The van der Waals surface area contributed by atoms with E-state index in [0.29, 0.717) is 18.8 Å². The van der Waals surface area contributed by atoms with Gasteiger partial charge in [0.1, 0.15) is 5.75 Å².